The Balaban J connectivity index is 0.000000587. The molecule has 0 amide bonds. The molecule has 2 unspecified atom stereocenters. The van der Waals surface area contributed by atoms with Crippen molar-refractivity contribution >= 4 is 21.5 Å². The quantitative estimate of drug-likeness (QED) is 0.0525. The highest BCUT2D eigenvalue weighted by Gasteiger charge is 2.25. The Morgan fingerprint density at radius 1 is 0.809 bits per heavy atom. The van der Waals surface area contributed by atoms with E-state index in [1.54, 1.807) is 23.5 Å². The molecule has 270 valence electrons. The van der Waals surface area contributed by atoms with Crippen LogP contribution in [0.15, 0.2) is 46.2 Å². The second-order valence-corrected chi connectivity index (χ2v) is 15.3. The van der Waals surface area contributed by atoms with Gasteiger partial charge in [0.1, 0.15) is 22.8 Å². The van der Waals surface area contributed by atoms with Gasteiger partial charge in [-0.3, -0.25) is 0 Å². The highest BCUT2D eigenvalue weighted by molar-refractivity contribution is 7.85. The van der Waals surface area contributed by atoms with E-state index < -0.39 is 10.1 Å². The number of ether oxygens (including phenoxy) is 3. The predicted molar refractivity (Wildman–Crippen MR) is 192 cm³/mol. The van der Waals surface area contributed by atoms with Crippen LogP contribution in [0.1, 0.15) is 147 Å². The van der Waals surface area contributed by atoms with Crippen LogP contribution in [0.4, 0.5) is 0 Å². The van der Waals surface area contributed by atoms with E-state index in [1.165, 1.54) is 134 Å². The van der Waals surface area contributed by atoms with Gasteiger partial charge in [-0.2, -0.15) is 4.57 Å². The van der Waals surface area contributed by atoms with Crippen molar-refractivity contribution in [3.8, 4) is 0 Å². The third kappa shape index (κ3) is 22.8. The lowest BCUT2D eigenvalue weighted by Crippen LogP contribution is -2.29. The van der Waals surface area contributed by atoms with Crippen LogP contribution in [0.2, 0.25) is 0 Å². The predicted octanol–water partition coefficient (Wildman–Crippen LogP) is 9.90. The molecule has 9 heteroatoms. The summed E-state index contributed by atoms with van der Waals surface area (Å²) in [6, 6.07) is 5.78. The SMILES string of the molecule is CCCCCCCCCCCCCCCCCC1OCC(COCCCCCCC[n+]2ccsc2)O1.Cc1ccc(S(=O)(=O)[O-])cc1. The molecule has 1 aromatic heterocycles. The molecule has 1 saturated heterocycles. The molecule has 1 aromatic carbocycles. The first-order valence-corrected chi connectivity index (χ1v) is 21.0. The second kappa shape index (κ2) is 27.5. The highest BCUT2D eigenvalue weighted by Crippen LogP contribution is 2.19. The van der Waals surface area contributed by atoms with Gasteiger partial charge in [0.15, 0.2) is 12.5 Å². The highest BCUT2D eigenvalue weighted by atomic mass is 32.2. The third-order valence-corrected chi connectivity index (χ3v) is 10.2. The molecule has 0 aliphatic carbocycles. The van der Waals surface area contributed by atoms with Gasteiger partial charge in [-0.25, -0.2) is 8.42 Å². The number of rotatable bonds is 27. The summed E-state index contributed by atoms with van der Waals surface area (Å²) >= 11 is 1.77. The molecule has 0 saturated carbocycles. The van der Waals surface area contributed by atoms with Gasteiger partial charge in [-0.05, 0) is 44.7 Å². The molecule has 0 spiro atoms. The topological polar surface area (TPSA) is 88.8 Å². The number of thiazole rings is 1. The molecule has 1 fully saturated rings. The van der Waals surface area contributed by atoms with Crippen molar-refractivity contribution in [2.45, 2.75) is 173 Å². The van der Waals surface area contributed by atoms with Crippen LogP contribution in [-0.2, 0) is 30.9 Å². The van der Waals surface area contributed by atoms with E-state index in [4.69, 9.17) is 14.2 Å². The van der Waals surface area contributed by atoms with Gasteiger partial charge in [-0.1, -0.05) is 139 Å². The zero-order valence-electron chi connectivity index (χ0n) is 29.6. The molecule has 0 radical (unpaired) electrons. The van der Waals surface area contributed by atoms with Crippen molar-refractivity contribution < 1.29 is 31.7 Å². The fourth-order valence-electron chi connectivity index (χ4n) is 5.77. The summed E-state index contributed by atoms with van der Waals surface area (Å²) in [5.41, 5.74) is 3.12. The zero-order valence-corrected chi connectivity index (χ0v) is 31.2. The fraction of sp³-hybridized carbons (Fsp3) is 0.763. The molecule has 3 rings (SSSR count). The first-order valence-electron chi connectivity index (χ1n) is 18.7. The van der Waals surface area contributed by atoms with Gasteiger partial charge in [0.2, 0.25) is 5.51 Å². The maximum absolute atomic E-state index is 10.4. The molecule has 1 aliphatic rings. The number of unbranched alkanes of at least 4 members (excludes halogenated alkanes) is 18. The Morgan fingerprint density at radius 2 is 1.36 bits per heavy atom. The van der Waals surface area contributed by atoms with Crippen LogP contribution in [0.3, 0.4) is 0 Å². The minimum Gasteiger partial charge on any atom is -0.744 e. The zero-order chi connectivity index (χ0) is 33.8. The smallest absolute Gasteiger partial charge is 0.224 e. The molecule has 2 heterocycles. The van der Waals surface area contributed by atoms with Crippen LogP contribution in [-0.4, -0.2) is 45.2 Å². The maximum Gasteiger partial charge on any atom is 0.224 e. The first-order chi connectivity index (χ1) is 22.9. The Hall–Kier alpha value is -1.36. The van der Waals surface area contributed by atoms with Crippen molar-refractivity contribution in [2.75, 3.05) is 19.8 Å². The third-order valence-electron chi connectivity index (χ3n) is 8.70. The molecule has 2 atom stereocenters. The summed E-state index contributed by atoms with van der Waals surface area (Å²) in [5, 5.41) is 2.14. The normalized spacial score (nSPS) is 16.3. The molecule has 1 aliphatic heterocycles. The first kappa shape index (κ1) is 41.8. The van der Waals surface area contributed by atoms with Gasteiger partial charge < -0.3 is 18.8 Å². The molecular formula is C38H65NO6S2. The minimum atomic E-state index is -4.27. The Morgan fingerprint density at radius 3 is 1.91 bits per heavy atom. The number of nitrogens with zero attached hydrogens (tertiary/aromatic N) is 1. The fourth-order valence-corrected chi connectivity index (χ4v) is 6.86. The number of benzene rings is 1. The molecular weight excluding hydrogens is 631 g/mol. The van der Waals surface area contributed by atoms with E-state index in [9.17, 15) is 13.0 Å². The van der Waals surface area contributed by atoms with Crippen LogP contribution < -0.4 is 4.57 Å². The summed E-state index contributed by atoms with van der Waals surface area (Å²) in [4.78, 5) is -0.178. The van der Waals surface area contributed by atoms with Crippen LogP contribution in [0.25, 0.3) is 0 Å². The lowest BCUT2D eigenvalue weighted by atomic mass is 10.0. The van der Waals surface area contributed by atoms with E-state index in [0.717, 1.165) is 31.6 Å². The van der Waals surface area contributed by atoms with Gasteiger partial charge in [-0.15, -0.1) is 0 Å². The van der Waals surface area contributed by atoms with Gasteiger partial charge >= 0.3 is 0 Å². The Bertz CT molecular complexity index is 1080. The Labute approximate surface area is 291 Å². The van der Waals surface area contributed by atoms with Crippen molar-refractivity contribution in [2.24, 2.45) is 0 Å². The monoisotopic (exact) mass is 695 g/mol. The second-order valence-electron chi connectivity index (χ2n) is 13.1. The minimum absolute atomic E-state index is 0.00155. The van der Waals surface area contributed by atoms with E-state index in [1.807, 2.05) is 6.92 Å². The number of hydrogen-bond donors (Lipinski definition) is 0. The molecule has 47 heavy (non-hydrogen) atoms. The van der Waals surface area contributed by atoms with Gasteiger partial charge in [0, 0.05) is 13.0 Å². The van der Waals surface area contributed by atoms with Crippen molar-refractivity contribution in [3.63, 3.8) is 0 Å². The van der Waals surface area contributed by atoms with Crippen molar-refractivity contribution in [3.05, 3.63) is 46.9 Å². The standard InChI is InChI=1S/C31H58NO3S.C7H8O3S/c1-2-3-4-5-6-7-8-9-10-11-12-13-14-16-19-22-31-34-28-30(35-31)27-33-25-21-18-15-17-20-23-32-24-26-36-29-32;1-6-2-4-7(5-3-6)11(8,9)10/h24,26,29-31H,2-23,25,27-28H2,1H3;2-5H,1H3,(H,8,9,10)/q+1;/p-1. The number of aryl methyl sites for hydroxylation is 2. The van der Waals surface area contributed by atoms with E-state index in [0.29, 0.717) is 13.2 Å². The van der Waals surface area contributed by atoms with Crippen molar-refractivity contribution in [1.29, 1.82) is 0 Å². The van der Waals surface area contributed by atoms with E-state index in [-0.39, 0.29) is 17.3 Å². The molecule has 2 aromatic rings. The largest absolute Gasteiger partial charge is 0.744 e. The van der Waals surface area contributed by atoms with Crippen LogP contribution in [0.5, 0.6) is 0 Å². The van der Waals surface area contributed by atoms with Crippen LogP contribution >= 0.6 is 11.3 Å². The maximum atomic E-state index is 10.4. The summed E-state index contributed by atoms with van der Waals surface area (Å²) in [6.45, 7) is 7.50. The lowest BCUT2D eigenvalue weighted by molar-refractivity contribution is -0.692. The van der Waals surface area contributed by atoms with E-state index in [2.05, 4.69) is 28.6 Å². The summed E-state index contributed by atoms with van der Waals surface area (Å²) < 4.78 is 51.2. The van der Waals surface area contributed by atoms with Gasteiger partial charge in [0.25, 0.3) is 0 Å². The number of hydrogen-bond acceptors (Lipinski definition) is 7. The molecule has 7 nitrogen and oxygen atoms in total. The summed E-state index contributed by atoms with van der Waals surface area (Å²) in [7, 11) is -4.27. The average Bonchev–Trinajstić information content (AvgIpc) is 3.75. The average molecular weight is 696 g/mol. The van der Waals surface area contributed by atoms with E-state index >= 15 is 0 Å². The van der Waals surface area contributed by atoms with Crippen LogP contribution in [0, 0.1) is 6.92 Å². The summed E-state index contributed by atoms with van der Waals surface area (Å²) in [6.07, 6.45) is 30.7. The number of aromatic nitrogens is 1. The molecule has 0 bridgehead atoms. The van der Waals surface area contributed by atoms with Crippen molar-refractivity contribution in [1.82, 2.24) is 0 Å². The lowest BCUT2D eigenvalue weighted by Gasteiger charge is -2.12. The Kier molecular flexibility index (Phi) is 24.4. The van der Waals surface area contributed by atoms with Gasteiger partial charge in [0.05, 0.1) is 23.5 Å². The summed E-state index contributed by atoms with van der Waals surface area (Å²) in [5.74, 6) is 0. The molecule has 0 N–H and O–H groups in total.